The van der Waals surface area contributed by atoms with E-state index in [4.69, 9.17) is 22.1 Å². The van der Waals surface area contributed by atoms with Crippen LogP contribution in [0.15, 0.2) is 30.6 Å². The summed E-state index contributed by atoms with van der Waals surface area (Å²) < 4.78 is 7.28. The third kappa shape index (κ3) is 2.99. The molecule has 1 amide bonds. The van der Waals surface area contributed by atoms with Crippen molar-refractivity contribution in [3.8, 4) is 17.3 Å². The lowest BCUT2D eigenvalue weighted by Crippen LogP contribution is -2.58. The number of anilines is 2. The molecular weight excluding hydrogens is 392 g/mol. The summed E-state index contributed by atoms with van der Waals surface area (Å²) in [7, 11) is 0. The van der Waals surface area contributed by atoms with Crippen LogP contribution in [0.25, 0.3) is 16.8 Å². The number of amides is 1. The van der Waals surface area contributed by atoms with Crippen LogP contribution in [0, 0.1) is 11.3 Å². The SMILES string of the molecule is C[C@H]1COC(C)(C)C(=O)N1c1cc(-c2cc(Cl)c3c(N)ncnn23)ccc1C#N. The number of halogens is 1. The fourth-order valence-corrected chi connectivity index (χ4v) is 3.80. The molecule has 1 saturated heterocycles. The van der Waals surface area contributed by atoms with Crippen molar-refractivity contribution in [2.45, 2.75) is 32.4 Å². The van der Waals surface area contributed by atoms with Gasteiger partial charge in [-0.2, -0.15) is 10.4 Å². The minimum atomic E-state index is -0.970. The molecule has 9 heteroatoms. The standard InChI is InChI=1S/C20H19ClN6O2/c1-11-9-29-20(2,3)19(28)26(11)15-6-12(4-5-13(15)8-22)16-7-14(21)17-18(23)24-10-25-27(16)17/h4-7,10-11H,9H2,1-3H3,(H2,23,24,25)/t11-/m0/s1. The Morgan fingerprint density at radius 1 is 1.38 bits per heavy atom. The molecule has 1 aromatic carbocycles. The number of nitrogens with two attached hydrogens (primary N) is 1. The van der Waals surface area contributed by atoms with Gasteiger partial charge < -0.3 is 15.4 Å². The van der Waals surface area contributed by atoms with Crippen LogP contribution in [0.4, 0.5) is 11.5 Å². The van der Waals surface area contributed by atoms with Crippen molar-refractivity contribution in [3.63, 3.8) is 0 Å². The van der Waals surface area contributed by atoms with Gasteiger partial charge in [0.25, 0.3) is 5.91 Å². The van der Waals surface area contributed by atoms with Crippen molar-refractivity contribution in [1.82, 2.24) is 14.6 Å². The predicted molar refractivity (Wildman–Crippen MR) is 110 cm³/mol. The van der Waals surface area contributed by atoms with Gasteiger partial charge in [0, 0.05) is 5.56 Å². The molecule has 2 aromatic heterocycles. The van der Waals surface area contributed by atoms with E-state index >= 15 is 0 Å². The second-order valence-corrected chi connectivity index (χ2v) is 7.88. The first-order valence-corrected chi connectivity index (χ1v) is 9.42. The smallest absolute Gasteiger partial charge is 0.259 e. The summed E-state index contributed by atoms with van der Waals surface area (Å²) in [4.78, 5) is 18.7. The summed E-state index contributed by atoms with van der Waals surface area (Å²) in [6.07, 6.45) is 1.35. The summed E-state index contributed by atoms with van der Waals surface area (Å²) in [6.45, 7) is 5.71. The lowest BCUT2D eigenvalue weighted by molar-refractivity contribution is -0.147. The number of rotatable bonds is 2. The fourth-order valence-electron chi connectivity index (χ4n) is 3.52. The van der Waals surface area contributed by atoms with Gasteiger partial charge in [0.15, 0.2) is 5.82 Å². The third-order valence-corrected chi connectivity index (χ3v) is 5.36. The molecule has 29 heavy (non-hydrogen) atoms. The van der Waals surface area contributed by atoms with Crippen LogP contribution in [0.2, 0.25) is 5.02 Å². The number of nitrogen functional groups attached to an aromatic ring is 1. The number of nitrogens with zero attached hydrogens (tertiary/aromatic N) is 5. The molecule has 0 saturated carbocycles. The van der Waals surface area contributed by atoms with Crippen LogP contribution in [-0.4, -0.2) is 38.8 Å². The molecule has 2 N–H and O–H groups in total. The van der Waals surface area contributed by atoms with Gasteiger partial charge in [0.2, 0.25) is 0 Å². The van der Waals surface area contributed by atoms with E-state index in [-0.39, 0.29) is 17.8 Å². The summed E-state index contributed by atoms with van der Waals surface area (Å²) in [6, 6.07) is 8.97. The zero-order valence-electron chi connectivity index (χ0n) is 16.2. The van der Waals surface area contributed by atoms with Gasteiger partial charge >= 0.3 is 0 Å². The van der Waals surface area contributed by atoms with Crippen LogP contribution in [0.3, 0.4) is 0 Å². The lowest BCUT2D eigenvalue weighted by atomic mass is 9.99. The maximum atomic E-state index is 13.1. The Balaban J connectivity index is 1.91. The zero-order valence-corrected chi connectivity index (χ0v) is 16.9. The summed E-state index contributed by atoms with van der Waals surface area (Å²) in [5.41, 5.74) is 7.81. The van der Waals surface area contributed by atoms with Crippen molar-refractivity contribution >= 4 is 34.5 Å². The highest BCUT2D eigenvalue weighted by atomic mass is 35.5. The third-order valence-electron chi connectivity index (χ3n) is 5.07. The number of fused-ring (bicyclic) bond motifs is 1. The van der Waals surface area contributed by atoms with E-state index in [0.717, 1.165) is 5.56 Å². The van der Waals surface area contributed by atoms with E-state index in [1.807, 2.05) is 6.92 Å². The molecule has 8 nitrogen and oxygen atoms in total. The van der Waals surface area contributed by atoms with Crippen LogP contribution < -0.4 is 10.6 Å². The van der Waals surface area contributed by atoms with Crippen molar-refractivity contribution in [1.29, 1.82) is 5.26 Å². The number of nitriles is 1. The molecule has 3 aromatic rings. The van der Waals surface area contributed by atoms with Crippen LogP contribution in [0.5, 0.6) is 0 Å². The Labute approximate surface area is 172 Å². The topological polar surface area (TPSA) is 110 Å². The molecule has 0 radical (unpaired) electrons. The maximum absolute atomic E-state index is 13.1. The first-order valence-electron chi connectivity index (χ1n) is 9.04. The Hall–Kier alpha value is -3.15. The molecule has 1 aliphatic rings. The Kier molecular flexibility index (Phi) is 4.45. The van der Waals surface area contributed by atoms with E-state index in [1.165, 1.54) is 6.33 Å². The predicted octanol–water partition coefficient (Wildman–Crippen LogP) is 3.03. The van der Waals surface area contributed by atoms with E-state index in [9.17, 15) is 10.1 Å². The first-order chi connectivity index (χ1) is 13.7. The maximum Gasteiger partial charge on any atom is 0.259 e. The van der Waals surface area contributed by atoms with Crippen LogP contribution in [0.1, 0.15) is 26.3 Å². The number of ether oxygens (including phenoxy) is 1. The van der Waals surface area contributed by atoms with Crippen LogP contribution in [-0.2, 0) is 9.53 Å². The number of benzene rings is 1. The van der Waals surface area contributed by atoms with Gasteiger partial charge in [-0.05, 0) is 39.0 Å². The fraction of sp³-hybridized carbons (Fsp3) is 0.300. The van der Waals surface area contributed by atoms with Crippen molar-refractivity contribution < 1.29 is 9.53 Å². The minimum absolute atomic E-state index is 0.200. The van der Waals surface area contributed by atoms with E-state index in [2.05, 4.69) is 16.2 Å². The monoisotopic (exact) mass is 410 g/mol. The number of carbonyl (C=O) groups excluding carboxylic acids is 1. The van der Waals surface area contributed by atoms with Crippen molar-refractivity contribution in [2.75, 3.05) is 17.2 Å². The van der Waals surface area contributed by atoms with Gasteiger partial charge in [0.05, 0.1) is 34.6 Å². The average Bonchev–Trinajstić information content (AvgIpc) is 3.03. The molecule has 148 valence electrons. The van der Waals surface area contributed by atoms with Crippen molar-refractivity contribution in [3.05, 3.63) is 41.2 Å². The number of hydrogen-bond acceptors (Lipinski definition) is 6. The molecule has 0 aliphatic carbocycles. The summed E-state index contributed by atoms with van der Waals surface area (Å²) >= 11 is 6.35. The normalized spacial score (nSPS) is 18.8. The lowest BCUT2D eigenvalue weighted by Gasteiger charge is -2.41. The first kappa shape index (κ1) is 19.2. The second kappa shape index (κ2) is 6.72. The second-order valence-electron chi connectivity index (χ2n) is 7.47. The zero-order chi connectivity index (χ0) is 20.9. The van der Waals surface area contributed by atoms with Crippen molar-refractivity contribution in [2.24, 2.45) is 0 Å². The largest absolute Gasteiger partial charge is 0.382 e. The number of aromatic nitrogens is 3. The molecule has 0 unspecified atom stereocenters. The molecule has 1 fully saturated rings. The molecule has 3 heterocycles. The number of carbonyl (C=O) groups is 1. The average molecular weight is 411 g/mol. The Morgan fingerprint density at radius 3 is 2.86 bits per heavy atom. The molecular formula is C20H19ClN6O2. The summed E-state index contributed by atoms with van der Waals surface area (Å²) in [5, 5.41) is 14.3. The van der Waals surface area contributed by atoms with E-state index < -0.39 is 5.60 Å². The van der Waals surface area contributed by atoms with Gasteiger partial charge in [-0.15, -0.1) is 0 Å². The summed E-state index contributed by atoms with van der Waals surface area (Å²) in [5.74, 6) is 0.0679. The highest BCUT2D eigenvalue weighted by molar-refractivity contribution is 6.35. The molecule has 4 rings (SSSR count). The van der Waals surface area contributed by atoms with E-state index in [0.29, 0.717) is 34.1 Å². The minimum Gasteiger partial charge on any atom is -0.382 e. The molecule has 1 atom stereocenters. The highest BCUT2D eigenvalue weighted by Gasteiger charge is 2.41. The van der Waals surface area contributed by atoms with Crippen LogP contribution >= 0.6 is 11.6 Å². The highest BCUT2D eigenvalue weighted by Crippen LogP contribution is 2.36. The molecule has 1 aliphatic heterocycles. The quantitative estimate of drug-likeness (QED) is 0.695. The Bertz CT molecular complexity index is 1180. The number of hydrogen-bond donors (Lipinski definition) is 1. The van der Waals surface area contributed by atoms with Gasteiger partial charge in [-0.25, -0.2) is 9.50 Å². The van der Waals surface area contributed by atoms with Gasteiger partial charge in [-0.3, -0.25) is 4.79 Å². The van der Waals surface area contributed by atoms with E-state index in [1.54, 1.807) is 47.5 Å². The molecule has 0 spiro atoms. The molecule has 0 bridgehead atoms. The Morgan fingerprint density at radius 2 is 2.14 bits per heavy atom. The van der Waals surface area contributed by atoms with Gasteiger partial charge in [-0.1, -0.05) is 17.7 Å². The number of morpholine rings is 1. The van der Waals surface area contributed by atoms with Gasteiger partial charge in [0.1, 0.15) is 23.5 Å².